The van der Waals surface area contributed by atoms with Crippen LogP contribution in [-0.4, -0.2) is 50.2 Å². The van der Waals surface area contributed by atoms with Crippen molar-refractivity contribution in [3.63, 3.8) is 0 Å². The molecule has 3 rings (SSSR count). The van der Waals surface area contributed by atoms with Gasteiger partial charge in [0.05, 0.1) is 16.5 Å². The molecule has 1 aliphatic heterocycles. The van der Waals surface area contributed by atoms with Crippen LogP contribution in [0.15, 0.2) is 66.1 Å². The Balaban J connectivity index is 1.51. The fourth-order valence-electron chi connectivity index (χ4n) is 3.20. The van der Waals surface area contributed by atoms with E-state index in [4.69, 9.17) is 0 Å². The monoisotopic (exact) mass is 481 g/mol. The van der Waals surface area contributed by atoms with Gasteiger partial charge in [0.15, 0.2) is 0 Å². The molecule has 0 spiro atoms. The van der Waals surface area contributed by atoms with Crippen molar-refractivity contribution in [3.05, 3.63) is 77.9 Å². The Labute approximate surface area is 189 Å². The van der Waals surface area contributed by atoms with Crippen molar-refractivity contribution in [1.82, 2.24) is 14.9 Å². The summed E-state index contributed by atoms with van der Waals surface area (Å²) in [4.78, 5) is 23.6. The van der Waals surface area contributed by atoms with E-state index in [1.165, 1.54) is 40.7 Å². The SMILES string of the molecule is C=CC(=O)NC1CN(S(=O)(=O)c2ccc(C(=O)NCCc3ccc(C(F)(F)F)cc3)cc2)C1. The number of sulfonamides is 1. The van der Waals surface area contributed by atoms with Gasteiger partial charge in [0, 0.05) is 25.2 Å². The molecule has 1 fully saturated rings. The van der Waals surface area contributed by atoms with Gasteiger partial charge in [-0.3, -0.25) is 9.59 Å². The topological polar surface area (TPSA) is 95.6 Å². The van der Waals surface area contributed by atoms with Crippen molar-refractivity contribution in [2.75, 3.05) is 19.6 Å². The average Bonchev–Trinajstić information content (AvgIpc) is 2.75. The molecule has 176 valence electrons. The zero-order valence-corrected chi connectivity index (χ0v) is 18.2. The van der Waals surface area contributed by atoms with Gasteiger partial charge in [-0.2, -0.15) is 17.5 Å². The second kappa shape index (κ2) is 9.75. The predicted molar refractivity (Wildman–Crippen MR) is 115 cm³/mol. The number of carbonyl (C=O) groups is 2. The first-order chi connectivity index (χ1) is 15.5. The van der Waals surface area contributed by atoms with Gasteiger partial charge in [-0.1, -0.05) is 18.7 Å². The van der Waals surface area contributed by atoms with Crippen molar-refractivity contribution in [2.24, 2.45) is 0 Å². The number of carbonyl (C=O) groups excluding carboxylic acids is 2. The van der Waals surface area contributed by atoms with Gasteiger partial charge in [0.25, 0.3) is 5.91 Å². The average molecular weight is 481 g/mol. The maximum Gasteiger partial charge on any atom is 0.416 e. The number of amides is 2. The summed E-state index contributed by atoms with van der Waals surface area (Å²) in [7, 11) is -3.74. The Bertz CT molecular complexity index is 1120. The Morgan fingerprint density at radius 3 is 2.21 bits per heavy atom. The van der Waals surface area contributed by atoms with Crippen LogP contribution in [0.3, 0.4) is 0 Å². The zero-order valence-electron chi connectivity index (χ0n) is 17.4. The number of alkyl halides is 3. The smallest absolute Gasteiger partial charge is 0.352 e. The van der Waals surface area contributed by atoms with E-state index in [1.54, 1.807) is 0 Å². The van der Waals surface area contributed by atoms with Crippen LogP contribution in [0, 0.1) is 0 Å². The summed E-state index contributed by atoms with van der Waals surface area (Å²) in [5.41, 5.74) is 0.156. The van der Waals surface area contributed by atoms with Gasteiger partial charge in [0.2, 0.25) is 15.9 Å². The van der Waals surface area contributed by atoms with Crippen molar-refractivity contribution >= 4 is 21.8 Å². The van der Waals surface area contributed by atoms with Crippen LogP contribution in [0.2, 0.25) is 0 Å². The molecule has 33 heavy (non-hydrogen) atoms. The molecule has 0 saturated carbocycles. The third-order valence-corrected chi connectivity index (χ3v) is 6.96. The number of hydrogen-bond acceptors (Lipinski definition) is 4. The first-order valence-corrected chi connectivity index (χ1v) is 11.4. The molecule has 0 aliphatic carbocycles. The van der Waals surface area contributed by atoms with E-state index in [2.05, 4.69) is 17.2 Å². The molecule has 1 heterocycles. The minimum Gasteiger partial charge on any atom is -0.352 e. The number of nitrogens with zero attached hydrogens (tertiary/aromatic N) is 1. The van der Waals surface area contributed by atoms with E-state index in [0.29, 0.717) is 12.0 Å². The fraction of sp³-hybridized carbons (Fsp3) is 0.273. The molecule has 0 atom stereocenters. The molecule has 2 N–H and O–H groups in total. The van der Waals surface area contributed by atoms with Gasteiger partial charge in [-0.15, -0.1) is 0 Å². The van der Waals surface area contributed by atoms with Crippen LogP contribution >= 0.6 is 0 Å². The number of nitrogens with one attached hydrogen (secondary N) is 2. The van der Waals surface area contributed by atoms with Gasteiger partial charge in [0.1, 0.15) is 0 Å². The molecule has 2 amide bonds. The summed E-state index contributed by atoms with van der Waals surface area (Å²) in [6.45, 7) is 3.84. The molecule has 2 aromatic carbocycles. The fourth-order valence-corrected chi connectivity index (χ4v) is 4.73. The minimum absolute atomic E-state index is 0.0253. The largest absolute Gasteiger partial charge is 0.416 e. The summed E-state index contributed by atoms with van der Waals surface area (Å²) in [5.74, 6) is -0.798. The molecule has 1 saturated heterocycles. The Kier molecular flexibility index (Phi) is 7.23. The molecular weight excluding hydrogens is 459 g/mol. The lowest BCUT2D eigenvalue weighted by Crippen LogP contribution is -2.60. The van der Waals surface area contributed by atoms with Crippen molar-refractivity contribution in [2.45, 2.75) is 23.5 Å². The van der Waals surface area contributed by atoms with E-state index in [1.807, 2.05) is 0 Å². The standard InChI is InChI=1S/C22H22F3N3O4S/c1-2-20(29)27-18-13-28(14-18)33(31,32)19-9-5-16(6-10-19)21(30)26-12-11-15-3-7-17(8-4-15)22(23,24)25/h2-10,18H,1,11-14H2,(H,26,30)(H,27,29). The summed E-state index contributed by atoms with van der Waals surface area (Å²) < 4.78 is 64.3. The van der Waals surface area contributed by atoms with Gasteiger partial charge in [-0.25, -0.2) is 8.42 Å². The van der Waals surface area contributed by atoms with E-state index in [-0.39, 0.29) is 42.0 Å². The summed E-state index contributed by atoms with van der Waals surface area (Å²) in [6.07, 6.45) is -2.94. The number of hydrogen-bond donors (Lipinski definition) is 2. The lowest BCUT2D eigenvalue weighted by atomic mass is 10.1. The second-order valence-electron chi connectivity index (χ2n) is 7.46. The lowest BCUT2D eigenvalue weighted by molar-refractivity contribution is -0.137. The molecule has 0 bridgehead atoms. The summed E-state index contributed by atoms with van der Waals surface area (Å²) in [5, 5.41) is 5.27. The molecule has 0 radical (unpaired) electrons. The van der Waals surface area contributed by atoms with Crippen molar-refractivity contribution in [3.8, 4) is 0 Å². The first-order valence-electron chi connectivity index (χ1n) is 9.98. The van der Waals surface area contributed by atoms with Crippen LogP contribution in [-0.2, 0) is 27.4 Å². The van der Waals surface area contributed by atoms with Crippen LogP contribution in [0.4, 0.5) is 13.2 Å². The zero-order chi connectivity index (χ0) is 24.2. The molecule has 0 aromatic heterocycles. The van der Waals surface area contributed by atoms with Gasteiger partial charge >= 0.3 is 6.18 Å². The highest BCUT2D eigenvalue weighted by Crippen LogP contribution is 2.29. The summed E-state index contributed by atoms with van der Waals surface area (Å²) in [6, 6.07) is 9.85. The highest BCUT2D eigenvalue weighted by atomic mass is 32.2. The van der Waals surface area contributed by atoms with Gasteiger partial charge in [-0.05, 0) is 54.5 Å². The maximum atomic E-state index is 12.6. The highest BCUT2D eigenvalue weighted by molar-refractivity contribution is 7.89. The third kappa shape index (κ3) is 5.99. The number of benzene rings is 2. The lowest BCUT2D eigenvalue weighted by Gasteiger charge is -2.38. The van der Waals surface area contributed by atoms with E-state index in [0.717, 1.165) is 18.2 Å². The minimum atomic E-state index is -4.40. The molecule has 7 nitrogen and oxygen atoms in total. The van der Waals surface area contributed by atoms with Crippen molar-refractivity contribution < 1.29 is 31.2 Å². The summed E-state index contributed by atoms with van der Waals surface area (Å²) >= 11 is 0. The Hall–Kier alpha value is -3.18. The molecule has 11 heteroatoms. The Morgan fingerprint density at radius 1 is 1.06 bits per heavy atom. The van der Waals surface area contributed by atoms with Crippen molar-refractivity contribution in [1.29, 1.82) is 0 Å². The van der Waals surface area contributed by atoms with E-state index in [9.17, 15) is 31.2 Å². The van der Waals surface area contributed by atoms with Crippen LogP contribution in [0.1, 0.15) is 21.5 Å². The second-order valence-corrected chi connectivity index (χ2v) is 9.39. The first kappa shape index (κ1) is 24.5. The van der Waals surface area contributed by atoms with Gasteiger partial charge < -0.3 is 10.6 Å². The quantitative estimate of drug-likeness (QED) is 0.566. The maximum absolute atomic E-state index is 12.6. The molecule has 2 aromatic rings. The normalized spacial score (nSPS) is 14.9. The van der Waals surface area contributed by atoms with Crippen LogP contribution < -0.4 is 10.6 Å². The van der Waals surface area contributed by atoms with E-state index >= 15 is 0 Å². The highest BCUT2D eigenvalue weighted by Gasteiger charge is 2.37. The van der Waals surface area contributed by atoms with Crippen LogP contribution in [0.25, 0.3) is 0 Å². The predicted octanol–water partition coefficient (Wildman–Crippen LogP) is 2.35. The molecule has 0 unspecified atom stereocenters. The molecule has 1 aliphatic rings. The van der Waals surface area contributed by atoms with E-state index < -0.39 is 27.7 Å². The third-order valence-electron chi connectivity index (χ3n) is 5.11. The molecular formula is C22H22F3N3O4S. The Morgan fingerprint density at radius 2 is 1.67 bits per heavy atom. The number of rotatable bonds is 8. The number of halogens is 3. The van der Waals surface area contributed by atoms with Crippen LogP contribution in [0.5, 0.6) is 0 Å².